The molecule has 0 amide bonds. The van der Waals surface area contributed by atoms with Crippen molar-refractivity contribution in [3.8, 4) is 5.75 Å². The largest absolute Gasteiger partial charge is 0.491 e. The van der Waals surface area contributed by atoms with Crippen LogP contribution in [-0.4, -0.2) is 40.5 Å². The Morgan fingerprint density at radius 3 is 2.61 bits per heavy atom. The Kier molecular flexibility index (Phi) is 7.09. The van der Waals surface area contributed by atoms with Gasteiger partial charge in [-0.05, 0) is 30.2 Å². The first kappa shape index (κ1) is 15.3. The number of hydrogen-bond acceptors (Lipinski definition) is 2. The summed E-state index contributed by atoms with van der Waals surface area (Å²) >= 11 is 6.05. The van der Waals surface area contributed by atoms with E-state index in [0.717, 1.165) is 35.9 Å². The van der Waals surface area contributed by atoms with Gasteiger partial charge in [0.25, 0.3) is 0 Å². The van der Waals surface area contributed by atoms with Crippen molar-refractivity contribution in [3.05, 3.63) is 28.8 Å². The van der Waals surface area contributed by atoms with Crippen molar-refractivity contribution >= 4 is 11.6 Å². The third-order valence-corrected chi connectivity index (χ3v) is 3.01. The van der Waals surface area contributed by atoms with Crippen LogP contribution in [-0.2, 0) is 11.2 Å². The molecule has 4 heteroatoms. The van der Waals surface area contributed by atoms with Crippen LogP contribution in [0.4, 0.5) is 0 Å². The van der Waals surface area contributed by atoms with E-state index in [4.69, 9.17) is 21.1 Å². The van der Waals surface area contributed by atoms with Crippen LogP contribution in [0.1, 0.15) is 12.5 Å². The fourth-order valence-electron chi connectivity index (χ4n) is 1.51. The molecule has 18 heavy (non-hydrogen) atoms. The number of likely N-dealkylation sites (N-methyl/N-ethyl adjacent to an activating group) is 1. The molecule has 0 aromatic heterocycles. The van der Waals surface area contributed by atoms with Gasteiger partial charge in [-0.3, -0.25) is 0 Å². The molecule has 1 rings (SSSR count). The van der Waals surface area contributed by atoms with Gasteiger partial charge in [-0.1, -0.05) is 18.5 Å². The first-order chi connectivity index (χ1) is 8.63. The summed E-state index contributed by atoms with van der Waals surface area (Å²) in [6.07, 6.45) is 0.915. The normalized spacial score (nSPS) is 10.9. The average Bonchev–Trinajstić information content (AvgIpc) is 2.35. The van der Waals surface area contributed by atoms with Crippen LogP contribution in [0.2, 0.25) is 5.02 Å². The molecule has 0 spiro atoms. The van der Waals surface area contributed by atoms with Crippen molar-refractivity contribution in [1.29, 1.82) is 0 Å². The molecule has 0 unspecified atom stereocenters. The maximum Gasteiger partial charge on any atom is 0.119 e. The smallest absolute Gasteiger partial charge is 0.119 e. The van der Waals surface area contributed by atoms with Gasteiger partial charge >= 0.3 is 0 Å². The van der Waals surface area contributed by atoms with Crippen molar-refractivity contribution in [1.82, 2.24) is 0 Å². The van der Waals surface area contributed by atoms with E-state index in [0.29, 0.717) is 13.2 Å². The molecular formula is C14H23ClNO2+. The van der Waals surface area contributed by atoms with Gasteiger partial charge < -0.3 is 14.4 Å². The van der Waals surface area contributed by atoms with Crippen molar-refractivity contribution < 1.29 is 14.4 Å². The number of benzene rings is 1. The summed E-state index contributed by atoms with van der Waals surface area (Å²) in [5.74, 6) is 0.859. The van der Waals surface area contributed by atoms with Crippen LogP contribution >= 0.6 is 11.6 Å². The molecule has 0 fully saturated rings. The van der Waals surface area contributed by atoms with E-state index in [9.17, 15) is 0 Å². The number of hydrogen-bond donors (Lipinski definition) is 1. The molecular weight excluding hydrogens is 250 g/mol. The number of ether oxygens (including phenoxy) is 2. The number of rotatable bonds is 8. The minimum atomic E-state index is 0.577. The fourth-order valence-corrected chi connectivity index (χ4v) is 1.76. The summed E-state index contributed by atoms with van der Waals surface area (Å²) in [5, 5.41) is 0.801. The van der Waals surface area contributed by atoms with Crippen LogP contribution in [0.25, 0.3) is 0 Å². The highest BCUT2D eigenvalue weighted by molar-refractivity contribution is 6.31. The molecule has 1 aromatic rings. The molecule has 1 aromatic carbocycles. The Morgan fingerprint density at radius 1 is 1.17 bits per heavy atom. The lowest BCUT2D eigenvalue weighted by Crippen LogP contribution is -3.06. The van der Waals surface area contributed by atoms with Gasteiger partial charge in [-0.25, -0.2) is 0 Å². The zero-order valence-corrected chi connectivity index (χ0v) is 12.2. The maximum atomic E-state index is 6.05. The molecule has 1 N–H and O–H groups in total. The lowest BCUT2D eigenvalue weighted by atomic mass is 10.1. The Hall–Kier alpha value is -0.770. The fraction of sp³-hybridized carbons (Fsp3) is 0.571. The molecule has 102 valence electrons. The van der Waals surface area contributed by atoms with Crippen molar-refractivity contribution in [2.75, 3.05) is 40.5 Å². The predicted octanol–water partition coefficient (Wildman–Crippen LogP) is 1.44. The third-order valence-electron chi connectivity index (χ3n) is 2.64. The second-order valence-electron chi connectivity index (χ2n) is 4.52. The number of nitrogens with one attached hydrogen (secondary N) is 1. The molecule has 0 saturated carbocycles. The molecule has 0 radical (unpaired) electrons. The molecule has 0 aliphatic heterocycles. The quantitative estimate of drug-likeness (QED) is 0.724. The summed E-state index contributed by atoms with van der Waals surface area (Å²) in [6.45, 7) is 5.07. The monoisotopic (exact) mass is 272 g/mol. The van der Waals surface area contributed by atoms with Crippen LogP contribution < -0.4 is 9.64 Å². The summed E-state index contributed by atoms with van der Waals surface area (Å²) in [7, 11) is 4.22. The molecule has 0 atom stereocenters. The van der Waals surface area contributed by atoms with E-state index in [2.05, 4.69) is 21.0 Å². The lowest BCUT2D eigenvalue weighted by molar-refractivity contribution is -0.858. The molecule has 0 saturated heterocycles. The third kappa shape index (κ3) is 5.71. The Labute approximate surface area is 115 Å². The Balaban J connectivity index is 2.23. The first-order valence-corrected chi connectivity index (χ1v) is 6.79. The summed E-state index contributed by atoms with van der Waals surface area (Å²) < 4.78 is 11.1. The Morgan fingerprint density at radius 2 is 1.94 bits per heavy atom. The SMILES string of the molecule is CCc1cc(OCCOCC[NH+](C)C)ccc1Cl. The molecule has 0 heterocycles. The number of quaternary nitrogens is 1. The minimum Gasteiger partial charge on any atom is -0.491 e. The molecule has 3 nitrogen and oxygen atoms in total. The number of halogens is 1. The summed E-state index contributed by atoms with van der Waals surface area (Å²) in [6, 6.07) is 5.77. The topological polar surface area (TPSA) is 22.9 Å². The first-order valence-electron chi connectivity index (χ1n) is 6.41. The lowest BCUT2D eigenvalue weighted by Gasteiger charge is -2.10. The van der Waals surface area contributed by atoms with Crippen LogP contribution in [0, 0.1) is 0 Å². The van der Waals surface area contributed by atoms with Gasteiger partial charge in [0.1, 0.15) is 18.9 Å². The van der Waals surface area contributed by atoms with E-state index in [1.807, 2.05) is 18.2 Å². The zero-order chi connectivity index (χ0) is 13.4. The predicted molar refractivity (Wildman–Crippen MR) is 74.8 cm³/mol. The zero-order valence-electron chi connectivity index (χ0n) is 11.5. The van der Waals surface area contributed by atoms with Gasteiger partial charge in [0.05, 0.1) is 27.3 Å². The molecule has 0 aliphatic carbocycles. The van der Waals surface area contributed by atoms with Gasteiger partial charge in [0.2, 0.25) is 0 Å². The van der Waals surface area contributed by atoms with E-state index in [-0.39, 0.29) is 0 Å². The highest BCUT2D eigenvalue weighted by atomic mass is 35.5. The van der Waals surface area contributed by atoms with Crippen LogP contribution in [0.3, 0.4) is 0 Å². The van der Waals surface area contributed by atoms with Gasteiger partial charge in [0.15, 0.2) is 0 Å². The van der Waals surface area contributed by atoms with E-state index < -0.39 is 0 Å². The summed E-state index contributed by atoms with van der Waals surface area (Å²) in [5.41, 5.74) is 1.12. The second kappa shape index (κ2) is 8.35. The second-order valence-corrected chi connectivity index (χ2v) is 4.93. The molecule has 0 aliphatic rings. The van der Waals surface area contributed by atoms with Gasteiger partial charge in [-0.2, -0.15) is 0 Å². The highest BCUT2D eigenvalue weighted by Gasteiger charge is 2.01. The minimum absolute atomic E-state index is 0.577. The average molecular weight is 273 g/mol. The van der Waals surface area contributed by atoms with Gasteiger partial charge in [-0.15, -0.1) is 0 Å². The molecule has 0 bridgehead atoms. The van der Waals surface area contributed by atoms with E-state index in [1.165, 1.54) is 4.90 Å². The maximum absolute atomic E-state index is 6.05. The number of aryl methyl sites for hydroxylation is 1. The Bertz CT molecular complexity index is 356. The van der Waals surface area contributed by atoms with Crippen molar-refractivity contribution in [2.45, 2.75) is 13.3 Å². The van der Waals surface area contributed by atoms with Crippen molar-refractivity contribution in [3.63, 3.8) is 0 Å². The van der Waals surface area contributed by atoms with E-state index in [1.54, 1.807) is 0 Å². The van der Waals surface area contributed by atoms with E-state index >= 15 is 0 Å². The summed E-state index contributed by atoms with van der Waals surface area (Å²) in [4.78, 5) is 1.39. The van der Waals surface area contributed by atoms with Crippen molar-refractivity contribution in [2.24, 2.45) is 0 Å². The van der Waals surface area contributed by atoms with Crippen LogP contribution in [0.5, 0.6) is 5.75 Å². The van der Waals surface area contributed by atoms with Gasteiger partial charge in [0, 0.05) is 5.02 Å². The standard InChI is InChI=1S/C14H22ClNO2/c1-4-12-11-13(5-6-14(12)15)18-10-9-17-8-7-16(2)3/h5-6,11H,4,7-10H2,1-3H3/p+1. The van der Waals surface area contributed by atoms with Crippen LogP contribution in [0.15, 0.2) is 18.2 Å². The highest BCUT2D eigenvalue weighted by Crippen LogP contribution is 2.22.